The Morgan fingerprint density at radius 2 is 1.62 bits per heavy atom. The smallest absolute Gasteiger partial charge is 0.109 e. The lowest BCUT2D eigenvalue weighted by molar-refractivity contribution is 0.392. The Labute approximate surface area is 135 Å². The summed E-state index contributed by atoms with van der Waals surface area (Å²) in [7, 11) is 0. The van der Waals surface area contributed by atoms with Gasteiger partial charge in [-0.15, -0.1) is 0 Å². The first-order valence-corrected chi connectivity index (χ1v) is 7.87. The Morgan fingerprint density at radius 1 is 0.905 bits per heavy atom. The fourth-order valence-corrected chi connectivity index (χ4v) is 3.11. The summed E-state index contributed by atoms with van der Waals surface area (Å²) in [6.45, 7) is 3.82. The average molecular weight is 317 g/mol. The SMILES string of the molecule is S=C(c1ccccc1)N1CCN(c2cccc(Cl)c2)CC1. The molecule has 1 heterocycles. The number of hydrogen-bond acceptors (Lipinski definition) is 2. The molecule has 1 saturated heterocycles. The Morgan fingerprint density at radius 3 is 2.29 bits per heavy atom. The lowest BCUT2D eigenvalue weighted by atomic mass is 10.2. The molecule has 1 aliphatic heterocycles. The Bertz CT molecular complexity index is 622. The third-order valence-corrected chi connectivity index (χ3v) is 4.49. The quantitative estimate of drug-likeness (QED) is 0.777. The first kappa shape index (κ1) is 14.4. The van der Waals surface area contributed by atoms with Crippen molar-refractivity contribution in [2.24, 2.45) is 0 Å². The van der Waals surface area contributed by atoms with Gasteiger partial charge in [0.2, 0.25) is 0 Å². The molecule has 4 heteroatoms. The fraction of sp³-hybridized carbons (Fsp3) is 0.235. The summed E-state index contributed by atoms with van der Waals surface area (Å²) < 4.78 is 0. The number of halogens is 1. The maximum atomic E-state index is 6.07. The van der Waals surface area contributed by atoms with Crippen LogP contribution in [0.2, 0.25) is 5.02 Å². The lowest BCUT2D eigenvalue weighted by Gasteiger charge is -2.37. The second-order valence-corrected chi connectivity index (χ2v) is 5.95. The highest BCUT2D eigenvalue weighted by Gasteiger charge is 2.19. The van der Waals surface area contributed by atoms with Crippen LogP contribution < -0.4 is 4.90 Å². The van der Waals surface area contributed by atoms with Crippen molar-refractivity contribution < 1.29 is 0 Å². The minimum absolute atomic E-state index is 0.787. The van der Waals surface area contributed by atoms with Crippen molar-refractivity contribution in [1.82, 2.24) is 4.90 Å². The van der Waals surface area contributed by atoms with E-state index in [1.807, 2.05) is 36.4 Å². The van der Waals surface area contributed by atoms with Gasteiger partial charge in [-0.05, 0) is 18.2 Å². The van der Waals surface area contributed by atoms with Gasteiger partial charge in [0.05, 0.1) is 0 Å². The van der Waals surface area contributed by atoms with E-state index in [0.29, 0.717) is 0 Å². The van der Waals surface area contributed by atoms with Crippen LogP contribution in [0.1, 0.15) is 5.56 Å². The van der Waals surface area contributed by atoms with Gasteiger partial charge in [-0.25, -0.2) is 0 Å². The largest absolute Gasteiger partial charge is 0.368 e. The highest BCUT2D eigenvalue weighted by molar-refractivity contribution is 7.80. The van der Waals surface area contributed by atoms with Crippen LogP contribution in [0.15, 0.2) is 54.6 Å². The van der Waals surface area contributed by atoms with Gasteiger partial charge in [-0.3, -0.25) is 0 Å². The number of thiocarbonyl (C=S) groups is 1. The molecule has 0 aliphatic carbocycles. The summed E-state index contributed by atoms with van der Waals surface area (Å²) in [5.74, 6) is 0. The number of rotatable bonds is 2. The van der Waals surface area contributed by atoms with Crippen LogP contribution >= 0.6 is 23.8 Å². The topological polar surface area (TPSA) is 6.48 Å². The van der Waals surface area contributed by atoms with Crippen molar-refractivity contribution in [3.8, 4) is 0 Å². The van der Waals surface area contributed by atoms with E-state index in [2.05, 4.69) is 28.0 Å². The van der Waals surface area contributed by atoms with Gasteiger partial charge in [0.25, 0.3) is 0 Å². The minimum Gasteiger partial charge on any atom is -0.368 e. The van der Waals surface area contributed by atoms with E-state index < -0.39 is 0 Å². The molecule has 0 bridgehead atoms. The van der Waals surface area contributed by atoms with Gasteiger partial charge in [0, 0.05) is 42.5 Å². The van der Waals surface area contributed by atoms with Crippen molar-refractivity contribution in [1.29, 1.82) is 0 Å². The molecule has 2 aromatic rings. The summed E-state index contributed by atoms with van der Waals surface area (Å²) in [5.41, 5.74) is 2.32. The molecule has 1 aliphatic rings. The highest BCUT2D eigenvalue weighted by atomic mass is 35.5. The molecular weight excluding hydrogens is 300 g/mol. The first-order chi connectivity index (χ1) is 10.2. The standard InChI is InChI=1S/C17H17ClN2S/c18-15-7-4-8-16(13-15)19-9-11-20(12-10-19)17(21)14-5-2-1-3-6-14/h1-8,13H,9-12H2. The Hall–Kier alpha value is -1.58. The van der Waals surface area contributed by atoms with Crippen molar-refractivity contribution in [3.63, 3.8) is 0 Å². The molecule has 1 fully saturated rings. The third-order valence-electron chi connectivity index (χ3n) is 3.76. The molecule has 0 saturated carbocycles. The van der Waals surface area contributed by atoms with Crippen LogP contribution in [-0.2, 0) is 0 Å². The molecule has 21 heavy (non-hydrogen) atoms. The molecule has 0 atom stereocenters. The van der Waals surface area contributed by atoms with Gasteiger partial charge >= 0.3 is 0 Å². The molecule has 2 aromatic carbocycles. The van der Waals surface area contributed by atoms with Crippen molar-refractivity contribution in [2.75, 3.05) is 31.1 Å². The Balaban J connectivity index is 1.64. The van der Waals surface area contributed by atoms with Crippen LogP contribution in [-0.4, -0.2) is 36.1 Å². The van der Waals surface area contributed by atoms with Crippen LogP contribution in [0, 0.1) is 0 Å². The molecule has 3 rings (SSSR count). The van der Waals surface area contributed by atoms with Crippen molar-refractivity contribution in [3.05, 3.63) is 65.2 Å². The van der Waals surface area contributed by atoms with Gasteiger partial charge in [0.1, 0.15) is 4.99 Å². The average Bonchev–Trinajstić information content (AvgIpc) is 2.55. The molecule has 0 unspecified atom stereocenters. The van der Waals surface area contributed by atoms with Gasteiger partial charge in [-0.2, -0.15) is 0 Å². The molecule has 108 valence electrons. The summed E-state index contributed by atoms with van der Waals surface area (Å²) in [5, 5.41) is 0.787. The third kappa shape index (κ3) is 3.36. The molecule has 0 N–H and O–H groups in total. The predicted octanol–water partition coefficient (Wildman–Crippen LogP) is 3.84. The predicted molar refractivity (Wildman–Crippen MR) is 93.4 cm³/mol. The van der Waals surface area contributed by atoms with E-state index in [0.717, 1.165) is 41.8 Å². The van der Waals surface area contributed by atoms with Gasteiger partial charge in [-0.1, -0.05) is 60.2 Å². The highest BCUT2D eigenvalue weighted by Crippen LogP contribution is 2.21. The van der Waals surface area contributed by atoms with Crippen LogP contribution in [0.25, 0.3) is 0 Å². The summed E-state index contributed by atoms with van der Waals surface area (Å²) in [6.07, 6.45) is 0. The van der Waals surface area contributed by atoms with Crippen LogP contribution in [0.5, 0.6) is 0 Å². The van der Waals surface area contributed by atoms with E-state index in [4.69, 9.17) is 23.8 Å². The van der Waals surface area contributed by atoms with E-state index in [9.17, 15) is 0 Å². The molecule has 0 amide bonds. The van der Waals surface area contributed by atoms with E-state index >= 15 is 0 Å². The molecule has 0 aromatic heterocycles. The Kier molecular flexibility index (Phi) is 4.42. The van der Waals surface area contributed by atoms with E-state index in [-0.39, 0.29) is 0 Å². The van der Waals surface area contributed by atoms with Gasteiger partial charge in [0.15, 0.2) is 0 Å². The first-order valence-electron chi connectivity index (χ1n) is 7.09. The zero-order chi connectivity index (χ0) is 14.7. The number of anilines is 1. The maximum Gasteiger partial charge on any atom is 0.109 e. The molecule has 0 spiro atoms. The van der Waals surface area contributed by atoms with Crippen LogP contribution in [0.3, 0.4) is 0 Å². The number of benzene rings is 2. The monoisotopic (exact) mass is 316 g/mol. The van der Waals surface area contributed by atoms with Crippen molar-refractivity contribution >= 4 is 34.5 Å². The maximum absolute atomic E-state index is 6.07. The second kappa shape index (κ2) is 6.46. The van der Waals surface area contributed by atoms with Crippen molar-refractivity contribution in [2.45, 2.75) is 0 Å². The lowest BCUT2D eigenvalue weighted by Crippen LogP contribution is -2.48. The summed E-state index contributed by atoms with van der Waals surface area (Å²) in [4.78, 5) is 5.59. The fourth-order valence-electron chi connectivity index (χ4n) is 2.60. The second-order valence-electron chi connectivity index (χ2n) is 5.13. The molecule has 0 radical (unpaired) electrons. The zero-order valence-electron chi connectivity index (χ0n) is 11.7. The molecule has 2 nitrogen and oxygen atoms in total. The van der Waals surface area contributed by atoms with Gasteiger partial charge < -0.3 is 9.80 Å². The van der Waals surface area contributed by atoms with E-state index in [1.165, 1.54) is 5.69 Å². The number of nitrogens with zero attached hydrogens (tertiary/aromatic N) is 2. The molecular formula is C17H17ClN2S. The summed E-state index contributed by atoms with van der Waals surface area (Å²) in [6, 6.07) is 18.3. The van der Waals surface area contributed by atoms with E-state index in [1.54, 1.807) is 0 Å². The van der Waals surface area contributed by atoms with Crippen LogP contribution in [0.4, 0.5) is 5.69 Å². The minimum atomic E-state index is 0.787. The number of hydrogen-bond donors (Lipinski definition) is 0. The zero-order valence-corrected chi connectivity index (χ0v) is 13.3. The number of piperazine rings is 1. The summed E-state index contributed by atoms with van der Waals surface area (Å²) >= 11 is 11.7. The normalized spacial score (nSPS) is 15.1.